The first-order valence-corrected chi connectivity index (χ1v) is 8.10. The topological polar surface area (TPSA) is 69.4 Å². The lowest BCUT2D eigenvalue weighted by Gasteiger charge is -2.20. The fraction of sp³-hybridized carbons (Fsp3) is 0.571. The smallest absolute Gasteiger partial charge is 0.158 e. The van der Waals surface area contributed by atoms with Crippen molar-refractivity contribution in [2.45, 2.75) is 38.5 Å². The minimum absolute atomic E-state index is 0.0188. The van der Waals surface area contributed by atoms with Crippen molar-refractivity contribution in [3.05, 3.63) is 29.6 Å². The average molecular weight is 303 g/mol. The Balaban J connectivity index is 2.77. The molecule has 0 fully saturated rings. The second-order valence-electron chi connectivity index (χ2n) is 5.75. The monoisotopic (exact) mass is 303 g/mol. The number of ether oxygens (including phenoxy) is 1. The minimum Gasteiger partial charge on any atom is -0.492 e. The summed E-state index contributed by atoms with van der Waals surface area (Å²) in [6.07, 6.45) is 0. The van der Waals surface area contributed by atoms with Gasteiger partial charge in [-0.25, -0.2) is 12.8 Å². The molecule has 2 N–H and O–H groups in total. The van der Waals surface area contributed by atoms with Crippen LogP contribution in [0.3, 0.4) is 0 Å². The van der Waals surface area contributed by atoms with Crippen LogP contribution in [0.25, 0.3) is 0 Å². The van der Waals surface area contributed by atoms with Crippen molar-refractivity contribution in [2.75, 3.05) is 12.4 Å². The maximum atomic E-state index is 13.2. The highest BCUT2D eigenvalue weighted by molar-refractivity contribution is 7.92. The van der Waals surface area contributed by atoms with E-state index in [1.807, 2.05) is 0 Å². The lowest BCUT2D eigenvalue weighted by atomic mass is 10.1. The predicted molar refractivity (Wildman–Crippen MR) is 78.0 cm³/mol. The Bertz CT molecular complexity index is 562. The molecule has 20 heavy (non-hydrogen) atoms. The van der Waals surface area contributed by atoms with E-state index >= 15 is 0 Å². The lowest BCUT2D eigenvalue weighted by molar-refractivity contribution is 0.333. The first-order valence-electron chi connectivity index (χ1n) is 6.45. The summed E-state index contributed by atoms with van der Waals surface area (Å²) in [6, 6.07) is 3.65. The number of rotatable bonds is 5. The number of halogens is 1. The van der Waals surface area contributed by atoms with Gasteiger partial charge in [-0.15, -0.1) is 0 Å². The van der Waals surface area contributed by atoms with Gasteiger partial charge in [0.25, 0.3) is 0 Å². The summed E-state index contributed by atoms with van der Waals surface area (Å²) >= 11 is 0. The number of hydrogen-bond donors (Lipinski definition) is 1. The number of nitrogens with two attached hydrogens (primary N) is 1. The molecule has 1 atom stereocenters. The van der Waals surface area contributed by atoms with Crippen molar-refractivity contribution in [1.82, 2.24) is 0 Å². The molecule has 0 spiro atoms. The Hall–Kier alpha value is -1.14. The molecule has 0 aromatic heterocycles. The van der Waals surface area contributed by atoms with Crippen LogP contribution in [0.15, 0.2) is 18.2 Å². The van der Waals surface area contributed by atoms with Crippen molar-refractivity contribution in [1.29, 1.82) is 0 Å². The molecule has 0 heterocycles. The van der Waals surface area contributed by atoms with Gasteiger partial charge in [0.1, 0.15) is 18.2 Å². The van der Waals surface area contributed by atoms with E-state index in [4.69, 9.17) is 10.5 Å². The van der Waals surface area contributed by atoms with Gasteiger partial charge in [-0.1, -0.05) is 0 Å². The van der Waals surface area contributed by atoms with Crippen LogP contribution in [0.2, 0.25) is 0 Å². The van der Waals surface area contributed by atoms with Gasteiger partial charge >= 0.3 is 0 Å². The molecule has 4 nitrogen and oxygen atoms in total. The quantitative estimate of drug-likeness (QED) is 0.907. The van der Waals surface area contributed by atoms with E-state index in [0.717, 1.165) is 0 Å². The molecule has 0 saturated carbocycles. The van der Waals surface area contributed by atoms with Crippen LogP contribution < -0.4 is 10.5 Å². The summed E-state index contributed by atoms with van der Waals surface area (Å²) < 4.78 is 41.7. The van der Waals surface area contributed by atoms with Gasteiger partial charge in [0.2, 0.25) is 0 Å². The van der Waals surface area contributed by atoms with E-state index in [1.54, 1.807) is 27.7 Å². The Morgan fingerprint density at radius 3 is 2.45 bits per heavy atom. The molecule has 6 heteroatoms. The van der Waals surface area contributed by atoms with E-state index in [1.165, 1.54) is 18.2 Å². The zero-order valence-corrected chi connectivity index (χ0v) is 13.1. The van der Waals surface area contributed by atoms with E-state index in [9.17, 15) is 12.8 Å². The van der Waals surface area contributed by atoms with Crippen molar-refractivity contribution in [3.8, 4) is 5.75 Å². The molecular weight excluding hydrogens is 281 g/mol. The third-order valence-corrected chi connectivity index (χ3v) is 5.58. The van der Waals surface area contributed by atoms with Crippen molar-refractivity contribution >= 4 is 9.84 Å². The van der Waals surface area contributed by atoms with Gasteiger partial charge in [-0.05, 0) is 45.9 Å². The molecule has 0 bridgehead atoms. The van der Waals surface area contributed by atoms with Crippen LogP contribution in [-0.4, -0.2) is 25.5 Å². The first-order chi connectivity index (χ1) is 9.04. The third kappa shape index (κ3) is 4.18. The molecule has 0 amide bonds. The highest BCUT2D eigenvalue weighted by Gasteiger charge is 2.28. The van der Waals surface area contributed by atoms with Crippen LogP contribution in [0.1, 0.15) is 39.3 Å². The van der Waals surface area contributed by atoms with E-state index in [-0.39, 0.29) is 18.4 Å². The number of sulfone groups is 1. The third-order valence-electron chi connectivity index (χ3n) is 3.01. The van der Waals surface area contributed by atoms with Gasteiger partial charge in [0.15, 0.2) is 9.84 Å². The van der Waals surface area contributed by atoms with Crippen LogP contribution in [0.4, 0.5) is 4.39 Å². The molecule has 1 rings (SSSR count). The molecule has 0 saturated heterocycles. The van der Waals surface area contributed by atoms with Crippen LogP contribution >= 0.6 is 0 Å². The Labute approximate surface area is 120 Å². The number of benzene rings is 1. The van der Waals surface area contributed by atoms with Gasteiger partial charge in [-0.2, -0.15) is 0 Å². The average Bonchev–Trinajstić information content (AvgIpc) is 2.29. The number of hydrogen-bond acceptors (Lipinski definition) is 4. The molecular formula is C14H22FNO3S. The molecule has 0 aliphatic heterocycles. The fourth-order valence-corrected chi connectivity index (χ4v) is 2.49. The first kappa shape index (κ1) is 16.9. The van der Waals surface area contributed by atoms with Crippen molar-refractivity contribution < 1.29 is 17.5 Å². The highest BCUT2D eigenvalue weighted by atomic mass is 32.2. The Morgan fingerprint density at radius 2 is 1.95 bits per heavy atom. The normalized spacial score (nSPS) is 14.1. The molecule has 1 aromatic carbocycles. The van der Waals surface area contributed by atoms with Gasteiger partial charge in [0, 0.05) is 11.6 Å². The zero-order chi connectivity index (χ0) is 15.6. The summed E-state index contributed by atoms with van der Waals surface area (Å²) in [6.45, 7) is 6.67. The van der Waals surface area contributed by atoms with Gasteiger partial charge in [-0.3, -0.25) is 0 Å². The Kier molecular flexibility index (Phi) is 5.15. The van der Waals surface area contributed by atoms with E-state index < -0.39 is 20.4 Å². The standard InChI is InChI=1S/C14H22FNO3S/c1-10(16)12-9-11(15)5-6-13(12)19-7-8-20(17,18)14(2,3)4/h5-6,9-10H,7-8,16H2,1-4H3. The second-order valence-corrected chi connectivity index (χ2v) is 8.61. The molecule has 0 aliphatic carbocycles. The summed E-state index contributed by atoms with van der Waals surface area (Å²) in [5.41, 5.74) is 6.27. The van der Waals surface area contributed by atoms with Gasteiger partial charge in [0.05, 0.1) is 10.5 Å². The molecule has 114 valence electrons. The fourth-order valence-electron chi connectivity index (χ4n) is 1.57. The summed E-state index contributed by atoms with van der Waals surface area (Å²) in [4.78, 5) is 0. The molecule has 1 aromatic rings. The SMILES string of the molecule is CC(N)c1cc(F)ccc1OCCS(=O)(=O)C(C)(C)C. The molecule has 0 aliphatic rings. The Morgan fingerprint density at radius 1 is 1.35 bits per heavy atom. The highest BCUT2D eigenvalue weighted by Crippen LogP contribution is 2.25. The van der Waals surface area contributed by atoms with Crippen molar-refractivity contribution in [3.63, 3.8) is 0 Å². The minimum atomic E-state index is -3.24. The maximum Gasteiger partial charge on any atom is 0.158 e. The largest absolute Gasteiger partial charge is 0.492 e. The summed E-state index contributed by atoms with van der Waals surface area (Å²) in [7, 11) is -3.24. The van der Waals surface area contributed by atoms with E-state index in [2.05, 4.69) is 0 Å². The summed E-state index contributed by atoms with van der Waals surface area (Å²) in [5, 5.41) is 0. The van der Waals surface area contributed by atoms with Crippen molar-refractivity contribution in [2.24, 2.45) is 5.73 Å². The van der Waals surface area contributed by atoms with Gasteiger partial charge < -0.3 is 10.5 Å². The van der Waals surface area contributed by atoms with Crippen LogP contribution in [0, 0.1) is 5.82 Å². The maximum absolute atomic E-state index is 13.2. The van der Waals surface area contributed by atoms with Crippen LogP contribution in [0.5, 0.6) is 5.75 Å². The lowest BCUT2D eigenvalue weighted by Crippen LogP contribution is -2.32. The van der Waals surface area contributed by atoms with E-state index in [0.29, 0.717) is 11.3 Å². The molecule has 1 unspecified atom stereocenters. The second kappa shape index (κ2) is 6.10. The zero-order valence-electron chi connectivity index (χ0n) is 12.3. The van der Waals surface area contributed by atoms with Crippen LogP contribution in [-0.2, 0) is 9.84 Å². The molecule has 0 radical (unpaired) electrons. The predicted octanol–water partition coefficient (Wildman–Crippen LogP) is 2.44. The summed E-state index contributed by atoms with van der Waals surface area (Å²) in [5.74, 6) is -0.0656.